The highest BCUT2D eigenvalue weighted by atomic mass is 16.5. The van der Waals surface area contributed by atoms with Gasteiger partial charge in [-0.2, -0.15) is 4.98 Å². The van der Waals surface area contributed by atoms with Gasteiger partial charge in [0, 0.05) is 13.0 Å². The van der Waals surface area contributed by atoms with Crippen molar-refractivity contribution >= 4 is 0 Å². The average Bonchev–Trinajstić information content (AvgIpc) is 3.09. The Morgan fingerprint density at radius 2 is 2.18 bits per heavy atom. The molecule has 1 aromatic heterocycles. The van der Waals surface area contributed by atoms with Crippen LogP contribution in [-0.2, 0) is 6.42 Å². The van der Waals surface area contributed by atoms with Crippen molar-refractivity contribution < 1.29 is 4.52 Å². The van der Waals surface area contributed by atoms with Crippen LogP contribution in [0.5, 0.6) is 0 Å². The second kappa shape index (κ2) is 5.14. The Hall–Kier alpha value is -0.940. The molecule has 3 heterocycles. The van der Waals surface area contributed by atoms with Gasteiger partial charge in [0.05, 0.1) is 6.04 Å². The summed E-state index contributed by atoms with van der Waals surface area (Å²) in [7, 11) is 0. The van der Waals surface area contributed by atoms with E-state index in [0.717, 1.165) is 37.6 Å². The molecule has 0 saturated carbocycles. The predicted octanol–water partition coefficient (Wildman–Crippen LogP) is 1.13. The van der Waals surface area contributed by atoms with E-state index in [1.54, 1.807) is 0 Å². The lowest BCUT2D eigenvalue weighted by Crippen LogP contribution is -2.22. The molecule has 0 bridgehead atoms. The molecule has 94 valence electrons. The Labute approximate surface area is 102 Å². The molecule has 0 amide bonds. The molecule has 1 aromatic rings. The Kier molecular flexibility index (Phi) is 3.38. The van der Waals surface area contributed by atoms with Gasteiger partial charge in [0.15, 0.2) is 5.82 Å². The van der Waals surface area contributed by atoms with Crippen molar-refractivity contribution in [3.05, 3.63) is 11.7 Å². The van der Waals surface area contributed by atoms with E-state index in [-0.39, 0.29) is 0 Å². The first-order chi connectivity index (χ1) is 8.42. The first-order valence-electron chi connectivity index (χ1n) is 6.70. The standard InChI is InChI=1S/C12H20N4O/c1-2-8-16(7-1)9-5-11-14-12(15-17-11)10-4-3-6-13-10/h10,13H,1-9H2. The van der Waals surface area contributed by atoms with Gasteiger partial charge in [0.2, 0.25) is 5.89 Å². The van der Waals surface area contributed by atoms with Gasteiger partial charge in [-0.25, -0.2) is 0 Å². The zero-order valence-corrected chi connectivity index (χ0v) is 10.2. The van der Waals surface area contributed by atoms with Crippen LogP contribution in [0.1, 0.15) is 43.4 Å². The number of nitrogens with one attached hydrogen (secondary N) is 1. The van der Waals surface area contributed by atoms with Gasteiger partial charge in [0.25, 0.3) is 0 Å². The molecule has 0 aliphatic carbocycles. The Balaban J connectivity index is 1.52. The summed E-state index contributed by atoms with van der Waals surface area (Å²) in [4.78, 5) is 6.96. The highest BCUT2D eigenvalue weighted by molar-refractivity contribution is 4.97. The van der Waals surface area contributed by atoms with E-state index >= 15 is 0 Å². The molecular formula is C12H20N4O. The third-order valence-corrected chi connectivity index (χ3v) is 3.70. The molecule has 5 nitrogen and oxygen atoms in total. The van der Waals surface area contributed by atoms with Crippen LogP contribution in [0, 0.1) is 0 Å². The van der Waals surface area contributed by atoms with Gasteiger partial charge in [-0.15, -0.1) is 0 Å². The van der Waals surface area contributed by atoms with Crippen LogP contribution < -0.4 is 5.32 Å². The third-order valence-electron chi connectivity index (χ3n) is 3.70. The third kappa shape index (κ3) is 2.66. The summed E-state index contributed by atoms with van der Waals surface area (Å²) < 4.78 is 5.31. The minimum Gasteiger partial charge on any atom is -0.339 e. The Bertz CT molecular complexity index is 353. The highest BCUT2D eigenvalue weighted by Crippen LogP contribution is 2.20. The molecule has 1 atom stereocenters. The zero-order chi connectivity index (χ0) is 11.5. The van der Waals surface area contributed by atoms with Crippen LogP contribution in [0.4, 0.5) is 0 Å². The summed E-state index contributed by atoms with van der Waals surface area (Å²) in [6.45, 7) is 4.58. The van der Waals surface area contributed by atoms with Gasteiger partial charge in [-0.05, 0) is 45.3 Å². The van der Waals surface area contributed by atoms with Crippen molar-refractivity contribution in [3.8, 4) is 0 Å². The van der Waals surface area contributed by atoms with Gasteiger partial charge in [-0.1, -0.05) is 5.16 Å². The second-order valence-corrected chi connectivity index (χ2v) is 4.99. The normalized spacial score (nSPS) is 25.8. The summed E-state index contributed by atoms with van der Waals surface area (Å²) in [5, 5.41) is 7.46. The Morgan fingerprint density at radius 1 is 1.29 bits per heavy atom. The smallest absolute Gasteiger partial charge is 0.227 e. The molecule has 0 aromatic carbocycles. The van der Waals surface area contributed by atoms with E-state index in [0.29, 0.717) is 6.04 Å². The molecule has 2 aliphatic heterocycles. The molecule has 1 N–H and O–H groups in total. The fourth-order valence-electron chi connectivity index (χ4n) is 2.68. The van der Waals surface area contributed by atoms with E-state index < -0.39 is 0 Å². The minimum absolute atomic E-state index is 0.319. The lowest BCUT2D eigenvalue weighted by atomic mass is 10.2. The molecule has 2 saturated heterocycles. The SMILES string of the molecule is C1CNC(c2noc(CCN3CCCC3)n2)C1. The summed E-state index contributed by atoms with van der Waals surface area (Å²) in [5.74, 6) is 1.64. The van der Waals surface area contributed by atoms with E-state index in [2.05, 4.69) is 20.4 Å². The number of rotatable bonds is 4. The molecule has 3 rings (SSSR count). The molecule has 1 unspecified atom stereocenters. The van der Waals surface area contributed by atoms with Gasteiger partial charge in [-0.3, -0.25) is 0 Å². The second-order valence-electron chi connectivity index (χ2n) is 4.99. The van der Waals surface area contributed by atoms with Gasteiger partial charge in [0.1, 0.15) is 0 Å². The maximum Gasteiger partial charge on any atom is 0.227 e. The fraction of sp³-hybridized carbons (Fsp3) is 0.833. The summed E-state index contributed by atoms with van der Waals surface area (Å²) >= 11 is 0. The van der Waals surface area contributed by atoms with Crippen molar-refractivity contribution in [3.63, 3.8) is 0 Å². The molecule has 2 aliphatic rings. The minimum atomic E-state index is 0.319. The predicted molar refractivity (Wildman–Crippen MR) is 63.7 cm³/mol. The van der Waals surface area contributed by atoms with Crippen LogP contribution in [0.15, 0.2) is 4.52 Å². The maximum atomic E-state index is 5.31. The number of aromatic nitrogens is 2. The van der Waals surface area contributed by atoms with Gasteiger partial charge < -0.3 is 14.7 Å². The fourth-order valence-corrected chi connectivity index (χ4v) is 2.68. The molecule has 0 spiro atoms. The maximum absolute atomic E-state index is 5.31. The van der Waals surface area contributed by atoms with E-state index in [9.17, 15) is 0 Å². The van der Waals surface area contributed by atoms with Crippen molar-refractivity contribution in [1.29, 1.82) is 0 Å². The molecule has 0 radical (unpaired) electrons. The topological polar surface area (TPSA) is 54.2 Å². The summed E-state index contributed by atoms with van der Waals surface area (Å²) in [6.07, 6.45) is 5.90. The molecule has 5 heteroatoms. The van der Waals surface area contributed by atoms with Crippen molar-refractivity contribution in [2.45, 2.75) is 38.1 Å². The number of nitrogens with zero attached hydrogens (tertiary/aromatic N) is 3. The van der Waals surface area contributed by atoms with E-state index in [1.165, 1.54) is 32.4 Å². The lowest BCUT2D eigenvalue weighted by Gasteiger charge is -2.11. The van der Waals surface area contributed by atoms with Crippen LogP contribution in [0.2, 0.25) is 0 Å². The average molecular weight is 236 g/mol. The molecule has 17 heavy (non-hydrogen) atoms. The molecular weight excluding hydrogens is 216 g/mol. The Morgan fingerprint density at radius 3 is 2.94 bits per heavy atom. The van der Waals surface area contributed by atoms with E-state index in [1.807, 2.05) is 0 Å². The lowest BCUT2D eigenvalue weighted by molar-refractivity contribution is 0.310. The molecule has 2 fully saturated rings. The van der Waals surface area contributed by atoms with Crippen LogP contribution >= 0.6 is 0 Å². The summed E-state index contributed by atoms with van der Waals surface area (Å²) in [6, 6.07) is 0.319. The van der Waals surface area contributed by atoms with Crippen LogP contribution in [0.25, 0.3) is 0 Å². The van der Waals surface area contributed by atoms with E-state index in [4.69, 9.17) is 4.52 Å². The van der Waals surface area contributed by atoms with Crippen molar-refractivity contribution in [1.82, 2.24) is 20.4 Å². The highest BCUT2D eigenvalue weighted by Gasteiger charge is 2.21. The largest absolute Gasteiger partial charge is 0.339 e. The summed E-state index contributed by atoms with van der Waals surface area (Å²) in [5.41, 5.74) is 0. The van der Waals surface area contributed by atoms with Crippen molar-refractivity contribution in [2.24, 2.45) is 0 Å². The number of likely N-dealkylation sites (tertiary alicyclic amines) is 1. The van der Waals surface area contributed by atoms with Crippen LogP contribution in [-0.4, -0.2) is 41.2 Å². The van der Waals surface area contributed by atoms with Gasteiger partial charge >= 0.3 is 0 Å². The first kappa shape index (κ1) is 11.2. The quantitative estimate of drug-likeness (QED) is 0.849. The number of hydrogen-bond acceptors (Lipinski definition) is 5. The zero-order valence-electron chi connectivity index (χ0n) is 10.2. The monoisotopic (exact) mass is 236 g/mol. The number of hydrogen-bond donors (Lipinski definition) is 1. The van der Waals surface area contributed by atoms with Crippen LogP contribution in [0.3, 0.4) is 0 Å². The first-order valence-corrected chi connectivity index (χ1v) is 6.70. The van der Waals surface area contributed by atoms with Crippen molar-refractivity contribution in [2.75, 3.05) is 26.2 Å².